The number of carbonyl (C=O) groups excluding carboxylic acids is 1. The van der Waals surface area contributed by atoms with E-state index in [1.807, 2.05) is 0 Å². The maximum absolute atomic E-state index is 11.9. The second kappa shape index (κ2) is 2.97. The number of hydrogen-bond donors (Lipinski definition) is 2. The Labute approximate surface area is 95.7 Å². The number of β-lactam (4-membered cyclic amide) rings is 1. The van der Waals surface area contributed by atoms with Crippen molar-refractivity contribution in [2.45, 2.75) is 29.5 Å². The lowest BCUT2D eigenvalue weighted by Gasteiger charge is -2.35. The Balaban J connectivity index is 2.67. The van der Waals surface area contributed by atoms with Crippen molar-refractivity contribution < 1.29 is 33.0 Å². The largest absolute Gasteiger partial charge is 0.480 e. The summed E-state index contributed by atoms with van der Waals surface area (Å²) in [5.74, 6) is -4.04. The van der Waals surface area contributed by atoms with Crippen LogP contribution in [0.3, 0.4) is 0 Å². The van der Waals surface area contributed by atoms with Gasteiger partial charge in [-0.3, -0.25) is 9.59 Å². The molecule has 0 aliphatic carbocycles. The summed E-state index contributed by atoms with van der Waals surface area (Å²) in [6.07, 6.45) is -0.352. The molecule has 8 nitrogen and oxygen atoms in total. The number of carbonyl (C=O) groups is 3. The van der Waals surface area contributed by atoms with Crippen molar-refractivity contribution >= 4 is 27.7 Å². The Morgan fingerprint density at radius 1 is 1.41 bits per heavy atom. The maximum Gasteiger partial charge on any atom is 0.328 e. The highest BCUT2D eigenvalue weighted by Gasteiger charge is 2.73. The van der Waals surface area contributed by atoms with Crippen molar-refractivity contribution in [2.75, 3.05) is 0 Å². The average molecular weight is 263 g/mol. The summed E-state index contributed by atoms with van der Waals surface area (Å²) in [6.45, 7) is 0.828. The van der Waals surface area contributed by atoms with Gasteiger partial charge in [0.1, 0.15) is 5.37 Å². The van der Waals surface area contributed by atoms with E-state index in [4.69, 9.17) is 10.2 Å². The summed E-state index contributed by atoms with van der Waals surface area (Å²) in [5, 5.41) is 16.6. The van der Waals surface area contributed by atoms with E-state index >= 15 is 0 Å². The SMILES string of the molecule is C[C@]1(C(=O)O)[C@H](C(=O)O)N2C(=O)C[C@H]2S1(=O)=O. The molecule has 2 heterocycles. The number of fused-ring (bicyclic) bond motifs is 1. The number of carboxylic acids is 2. The van der Waals surface area contributed by atoms with Crippen LogP contribution in [0.1, 0.15) is 13.3 Å². The maximum atomic E-state index is 11.9. The minimum atomic E-state index is -4.23. The summed E-state index contributed by atoms with van der Waals surface area (Å²) in [6, 6.07) is -1.86. The van der Waals surface area contributed by atoms with Crippen LogP contribution in [-0.2, 0) is 24.2 Å². The molecule has 2 rings (SSSR count). The normalized spacial score (nSPS) is 38.4. The van der Waals surface area contributed by atoms with Gasteiger partial charge < -0.3 is 15.1 Å². The molecule has 0 aromatic carbocycles. The predicted molar refractivity (Wildman–Crippen MR) is 51.6 cm³/mol. The van der Waals surface area contributed by atoms with E-state index < -0.39 is 43.8 Å². The molecule has 9 heteroatoms. The number of aliphatic carboxylic acids is 2. The van der Waals surface area contributed by atoms with Crippen LogP contribution < -0.4 is 0 Å². The van der Waals surface area contributed by atoms with Gasteiger partial charge in [-0.25, -0.2) is 13.2 Å². The van der Waals surface area contributed by atoms with E-state index in [0.29, 0.717) is 4.90 Å². The number of sulfone groups is 1. The Hall–Kier alpha value is -1.64. The minimum absolute atomic E-state index is 0.352. The van der Waals surface area contributed by atoms with Gasteiger partial charge in [0, 0.05) is 0 Å². The summed E-state index contributed by atoms with van der Waals surface area (Å²) < 4.78 is 21.4. The third kappa shape index (κ3) is 1.07. The van der Waals surface area contributed by atoms with Crippen LogP contribution in [0.2, 0.25) is 0 Å². The Kier molecular flexibility index (Phi) is 2.07. The van der Waals surface area contributed by atoms with Crippen molar-refractivity contribution in [1.82, 2.24) is 4.90 Å². The smallest absolute Gasteiger partial charge is 0.328 e. The van der Waals surface area contributed by atoms with Crippen LogP contribution in [0, 0.1) is 0 Å². The quantitative estimate of drug-likeness (QED) is 0.566. The molecule has 0 spiro atoms. The molecular weight excluding hydrogens is 254 g/mol. The number of rotatable bonds is 2. The van der Waals surface area contributed by atoms with Gasteiger partial charge in [-0.15, -0.1) is 0 Å². The molecule has 2 fully saturated rings. The van der Waals surface area contributed by atoms with E-state index in [1.165, 1.54) is 0 Å². The molecule has 2 aliphatic heterocycles. The Morgan fingerprint density at radius 3 is 2.29 bits per heavy atom. The number of hydrogen-bond acceptors (Lipinski definition) is 5. The number of amides is 1. The second-order valence-corrected chi connectivity index (χ2v) is 6.64. The molecule has 0 aromatic heterocycles. The molecule has 17 heavy (non-hydrogen) atoms. The average Bonchev–Trinajstić information content (AvgIpc) is 2.33. The van der Waals surface area contributed by atoms with E-state index in [2.05, 4.69) is 0 Å². The molecule has 0 radical (unpaired) electrons. The van der Waals surface area contributed by atoms with Gasteiger partial charge in [0.2, 0.25) is 5.91 Å². The second-order valence-electron chi connectivity index (χ2n) is 4.16. The third-order valence-electron chi connectivity index (χ3n) is 3.36. The highest BCUT2D eigenvalue weighted by Crippen LogP contribution is 2.46. The van der Waals surface area contributed by atoms with Gasteiger partial charge in [-0.05, 0) is 6.92 Å². The first-order valence-corrected chi connectivity index (χ1v) is 6.21. The zero-order valence-electron chi connectivity index (χ0n) is 8.65. The molecule has 94 valence electrons. The van der Waals surface area contributed by atoms with Gasteiger partial charge in [0.15, 0.2) is 20.6 Å². The topological polar surface area (TPSA) is 129 Å². The van der Waals surface area contributed by atoms with Crippen molar-refractivity contribution in [3.05, 3.63) is 0 Å². The molecule has 0 unspecified atom stereocenters. The molecule has 0 saturated carbocycles. The monoisotopic (exact) mass is 263 g/mol. The lowest BCUT2D eigenvalue weighted by molar-refractivity contribution is -0.160. The van der Waals surface area contributed by atoms with E-state index in [0.717, 1.165) is 6.92 Å². The van der Waals surface area contributed by atoms with E-state index in [1.54, 1.807) is 0 Å². The Bertz CT molecular complexity index is 538. The van der Waals surface area contributed by atoms with Crippen molar-refractivity contribution in [3.8, 4) is 0 Å². The van der Waals surface area contributed by atoms with Gasteiger partial charge in [-0.1, -0.05) is 0 Å². The first kappa shape index (κ1) is 11.8. The summed E-state index contributed by atoms with van der Waals surface area (Å²) in [4.78, 5) is 34.0. The standard InChI is InChI=1S/C8H9NO7S/c1-8(7(13)14)5(6(11)12)9-3(10)2-4(9)17(8,15)16/h4-5H,2H2,1H3,(H,11,12)(H,13,14)/t4-,5+,8-/m1/s1. The third-order valence-corrected chi connectivity index (χ3v) is 6.05. The highest BCUT2D eigenvalue weighted by molar-refractivity contribution is 7.94. The van der Waals surface area contributed by atoms with Gasteiger partial charge in [-0.2, -0.15) is 0 Å². The van der Waals surface area contributed by atoms with Gasteiger partial charge in [0.05, 0.1) is 6.42 Å². The van der Waals surface area contributed by atoms with Gasteiger partial charge in [0.25, 0.3) is 0 Å². The fraction of sp³-hybridized carbons (Fsp3) is 0.625. The molecule has 2 N–H and O–H groups in total. The molecular formula is C8H9NO7S. The fourth-order valence-corrected chi connectivity index (χ4v) is 4.50. The van der Waals surface area contributed by atoms with Crippen LogP contribution in [0.15, 0.2) is 0 Å². The van der Waals surface area contributed by atoms with E-state index in [-0.39, 0.29) is 6.42 Å². The first-order chi connectivity index (χ1) is 7.65. The molecule has 2 saturated heterocycles. The lowest BCUT2D eigenvalue weighted by Crippen LogP contribution is -2.58. The first-order valence-electron chi connectivity index (χ1n) is 4.66. The highest BCUT2D eigenvalue weighted by atomic mass is 32.2. The summed E-state index contributed by atoms with van der Waals surface area (Å²) >= 11 is 0. The molecule has 0 bridgehead atoms. The van der Waals surface area contributed by atoms with Crippen LogP contribution in [0.4, 0.5) is 0 Å². The minimum Gasteiger partial charge on any atom is -0.480 e. The summed E-state index contributed by atoms with van der Waals surface area (Å²) in [5.41, 5.74) is 0. The Morgan fingerprint density at radius 2 is 1.94 bits per heavy atom. The lowest BCUT2D eigenvalue weighted by atomic mass is 9.97. The summed E-state index contributed by atoms with van der Waals surface area (Å²) in [7, 11) is -4.23. The van der Waals surface area contributed by atoms with Crippen molar-refractivity contribution in [1.29, 1.82) is 0 Å². The van der Waals surface area contributed by atoms with Crippen molar-refractivity contribution in [3.63, 3.8) is 0 Å². The van der Waals surface area contributed by atoms with Crippen LogP contribution in [-0.4, -0.2) is 57.5 Å². The van der Waals surface area contributed by atoms with Gasteiger partial charge >= 0.3 is 11.9 Å². The van der Waals surface area contributed by atoms with E-state index in [9.17, 15) is 22.8 Å². The molecule has 2 aliphatic rings. The number of carboxylic acid groups (broad SMARTS) is 2. The van der Waals surface area contributed by atoms with Crippen LogP contribution >= 0.6 is 0 Å². The number of nitrogens with zero attached hydrogens (tertiary/aromatic N) is 1. The zero-order valence-corrected chi connectivity index (χ0v) is 9.47. The fourth-order valence-electron chi connectivity index (χ4n) is 2.27. The predicted octanol–water partition coefficient (Wildman–Crippen LogP) is -1.73. The molecule has 3 atom stereocenters. The van der Waals surface area contributed by atoms with Crippen LogP contribution in [0.5, 0.6) is 0 Å². The van der Waals surface area contributed by atoms with Crippen molar-refractivity contribution in [2.24, 2.45) is 0 Å². The zero-order chi connectivity index (χ0) is 13.2. The van der Waals surface area contributed by atoms with Crippen LogP contribution in [0.25, 0.3) is 0 Å². The molecule has 1 amide bonds. The molecule has 0 aromatic rings.